The summed E-state index contributed by atoms with van der Waals surface area (Å²) in [5, 5.41) is 3.35. The summed E-state index contributed by atoms with van der Waals surface area (Å²) in [5.74, 6) is 1.55. The van der Waals surface area contributed by atoms with E-state index in [4.69, 9.17) is 0 Å². The minimum absolute atomic E-state index is 0.0365. The Morgan fingerprint density at radius 3 is 2.56 bits per heavy atom. The molecular formula is C11H17N5. The number of fused-ring (bicyclic) bond motifs is 1. The molecule has 0 atom stereocenters. The molecule has 0 saturated carbocycles. The van der Waals surface area contributed by atoms with Gasteiger partial charge >= 0.3 is 0 Å². The zero-order chi connectivity index (χ0) is 11.9. The van der Waals surface area contributed by atoms with Crippen LogP contribution in [0.1, 0.15) is 26.6 Å². The van der Waals surface area contributed by atoms with Crippen molar-refractivity contribution in [1.82, 2.24) is 19.5 Å². The Morgan fingerprint density at radius 2 is 1.94 bits per heavy atom. The predicted octanol–water partition coefficient (Wildman–Crippen LogP) is 1.88. The van der Waals surface area contributed by atoms with E-state index in [1.165, 1.54) is 0 Å². The first-order valence-corrected chi connectivity index (χ1v) is 5.31. The summed E-state index contributed by atoms with van der Waals surface area (Å²) in [7, 11) is 1.93. The lowest BCUT2D eigenvalue weighted by Crippen LogP contribution is -2.27. The standard InChI is InChI=1S/C11H17N5/c1-7-13-9(15-11(2,3)4)8-10(14-7)16(5)6-12-8/h6H,1-5H3,(H,13,14,15). The van der Waals surface area contributed by atoms with Gasteiger partial charge in [-0.15, -0.1) is 0 Å². The molecule has 1 N–H and O–H groups in total. The van der Waals surface area contributed by atoms with Crippen molar-refractivity contribution in [1.29, 1.82) is 0 Å². The number of aryl methyl sites for hydroxylation is 2. The van der Waals surface area contributed by atoms with Crippen LogP contribution < -0.4 is 5.32 Å². The summed E-state index contributed by atoms with van der Waals surface area (Å²) >= 11 is 0. The largest absolute Gasteiger partial charge is 0.364 e. The summed E-state index contributed by atoms with van der Waals surface area (Å²) in [6, 6.07) is 0. The number of nitrogens with zero attached hydrogens (tertiary/aromatic N) is 4. The van der Waals surface area contributed by atoms with E-state index in [1.807, 2.05) is 18.5 Å². The molecule has 0 aliphatic heterocycles. The summed E-state index contributed by atoms with van der Waals surface area (Å²) < 4.78 is 1.90. The Bertz CT molecular complexity index is 521. The Kier molecular flexibility index (Phi) is 2.33. The number of aromatic nitrogens is 4. The lowest BCUT2D eigenvalue weighted by atomic mass is 10.1. The van der Waals surface area contributed by atoms with Gasteiger partial charge in [-0.2, -0.15) is 0 Å². The quantitative estimate of drug-likeness (QED) is 0.795. The highest BCUT2D eigenvalue weighted by molar-refractivity contribution is 5.83. The van der Waals surface area contributed by atoms with E-state index in [9.17, 15) is 0 Å². The summed E-state index contributed by atoms with van der Waals surface area (Å²) in [5.41, 5.74) is 1.65. The highest BCUT2D eigenvalue weighted by atomic mass is 15.2. The highest BCUT2D eigenvalue weighted by Crippen LogP contribution is 2.21. The van der Waals surface area contributed by atoms with E-state index in [-0.39, 0.29) is 5.54 Å². The number of rotatable bonds is 1. The average Bonchev–Trinajstić information content (AvgIpc) is 2.45. The fourth-order valence-electron chi connectivity index (χ4n) is 1.56. The van der Waals surface area contributed by atoms with Gasteiger partial charge in [-0.25, -0.2) is 15.0 Å². The van der Waals surface area contributed by atoms with Crippen molar-refractivity contribution in [3.8, 4) is 0 Å². The third-order valence-corrected chi connectivity index (χ3v) is 2.16. The van der Waals surface area contributed by atoms with Crippen molar-refractivity contribution in [3.63, 3.8) is 0 Å². The SMILES string of the molecule is Cc1nc(NC(C)(C)C)c2ncn(C)c2n1. The molecule has 5 heteroatoms. The van der Waals surface area contributed by atoms with Crippen LogP contribution in [0.15, 0.2) is 6.33 Å². The molecule has 0 aromatic carbocycles. The van der Waals surface area contributed by atoms with Crippen LogP contribution >= 0.6 is 0 Å². The number of nitrogens with one attached hydrogen (secondary N) is 1. The molecule has 5 nitrogen and oxygen atoms in total. The first kappa shape index (κ1) is 10.9. The van der Waals surface area contributed by atoms with E-state index in [2.05, 4.69) is 41.0 Å². The number of imidazole rings is 1. The van der Waals surface area contributed by atoms with Crippen molar-refractivity contribution in [2.45, 2.75) is 33.2 Å². The maximum atomic E-state index is 4.40. The van der Waals surface area contributed by atoms with Gasteiger partial charge < -0.3 is 9.88 Å². The van der Waals surface area contributed by atoms with Crippen LogP contribution in [0.25, 0.3) is 11.2 Å². The Balaban J connectivity index is 2.60. The lowest BCUT2D eigenvalue weighted by Gasteiger charge is -2.21. The van der Waals surface area contributed by atoms with E-state index in [0.29, 0.717) is 0 Å². The van der Waals surface area contributed by atoms with Gasteiger partial charge in [0.05, 0.1) is 6.33 Å². The minimum atomic E-state index is -0.0365. The minimum Gasteiger partial charge on any atom is -0.364 e. The Labute approximate surface area is 94.9 Å². The summed E-state index contributed by atoms with van der Waals surface area (Å²) in [6.45, 7) is 8.18. The summed E-state index contributed by atoms with van der Waals surface area (Å²) in [4.78, 5) is 13.1. The third kappa shape index (κ3) is 1.98. The van der Waals surface area contributed by atoms with Crippen LogP contribution in [-0.4, -0.2) is 25.1 Å². The van der Waals surface area contributed by atoms with Gasteiger partial charge in [-0.05, 0) is 27.7 Å². The molecule has 0 unspecified atom stereocenters. The predicted molar refractivity (Wildman–Crippen MR) is 64.4 cm³/mol. The number of anilines is 1. The molecule has 2 heterocycles. The molecule has 0 aliphatic rings. The van der Waals surface area contributed by atoms with Crippen LogP contribution in [0.4, 0.5) is 5.82 Å². The Morgan fingerprint density at radius 1 is 1.25 bits per heavy atom. The van der Waals surface area contributed by atoms with E-state index in [0.717, 1.165) is 22.8 Å². The van der Waals surface area contributed by atoms with E-state index < -0.39 is 0 Å². The van der Waals surface area contributed by atoms with Gasteiger partial charge in [0.15, 0.2) is 11.5 Å². The maximum Gasteiger partial charge on any atom is 0.165 e. The Hall–Kier alpha value is -1.65. The normalized spacial score (nSPS) is 12.1. The van der Waals surface area contributed by atoms with E-state index >= 15 is 0 Å². The third-order valence-electron chi connectivity index (χ3n) is 2.16. The fraction of sp³-hybridized carbons (Fsp3) is 0.545. The van der Waals surface area contributed by atoms with Crippen LogP contribution in [0.2, 0.25) is 0 Å². The van der Waals surface area contributed by atoms with E-state index in [1.54, 1.807) is 6.33 Å². The molecule has 2 aromatic rings. The van der Waals surface area contributed by atoms with Crippen molar-refractivity contribution in [2.24, 2.45) is 7.05 Å². The van der Waals surface area contributed by atoms with Crippen LogP contribution in [-0.2, 0) is 7.05 Å². The molecule has 0 amide bonds. The van der Waals surface area contributed by atoms with Crippen LogP contribution in [0.3, 0.4) is 0 Å². The smallest absolute Gasteiger partial charge is 0.165 e. The number of hydrogen-bond acceptors (Lipinski definition) is 4. The van der Waals surface area contributed by atoms with Gasteiger partial charge in [0.25, 0.3) is 0 Å². The zero-order valence-corrected chi connectivity index (χ0v) is 10.4. The molecule has 0 spiro atoms. The van der Waals surface area contributed by atoms with Crippen molar-refractivity contribution < 1.29 is 0 Å². The molecule has 0 fully saturated rings. The second-order valence-electron chi connectivity index (χ2n) is 5.02. The van der Waals surface area contributed by atoms with Crippen LogP contribution in [0, 0.1) is 6.92 Å². The van der Waals surface area contributed by atoms with Gasteiger partial charge in [0, 0.05) is 12.6 Å². The number of hydrogen-bond donors (Lipinski definition) is 1. The van der Waals surface area contributed by atoms with Crippen molar-refractivity contribution >= 4 is 17.0 Å². The van der Waals surface area contributed by atoms with Gasteiger partial charge in [-0.3, -0.25) is 0 Å². The van der Waals surface area contributed by atoms with Crippen molar-refractivity contribution in [2.75, 3.05) is 5.32 Å². The molecular weight excluding hydrogens is 202 g/mol. The molecule has 2 rings (SSSR count). The molecule has 0 aliphatic carbocycles. The second kappa shape index (κ2) is 3.43. The summed E-state index contributed by atoms with van der Waals surface area (Å²) in [6.07, 6.45) is 1.76. The molecule has 16 heavy (non-hydrogen) atoms. The van der Waals surface area contributed by atoms with Crippen LogP contribution in [0.5, 0.6) is 0 Å². The fourth-order valence-corrected chi connectivity index (χ4v) is 1.56. The van der Waals surface area contributed by atoms with Gasteiger partial charge in [0.1, 0.15) is 11.3 Å². The monoisotopic (exact) mass is 219 g/mol. The highest BCUT2D eigenvalue weighted by Gasteiger charge is 2.15. The molecule has 0 bridgehead atoms. The average molecular weight is 219 g/mol. The molecule has 86 valence electrons. The first-order chi connectivity index (χ1) is 7.37. The molecule has 0 radical (unpaired) electrons. The maximum absolute atomic E-state index is 4.40. The molecule has 0 saturated heterocycles. The lowest BCUT2D eigenvalue weighted by molar-refractivity contribution is 0.630. The van der Waals surface area contributed by atoms with Gasteiger partial charge in [0.2, 0.25) is 0 Å². The first-order valence-electron chi connectivity index (χ1n) is 5.31. The van der Waals surface area contributed by atoms with Crippen molar-refractivity contribution in [3.05, 3.63) is 12.2 Å². The second-order valence-corrected chi connectivity index (χ2v) is 5.02. The topological polar surface area (TPSA) is 55.6 Å². The zero-order valence-electron chi connectivity index (χ0n) is 10.4. The van der Waals surface area contributed by atoms with Gasteiger partial charge in [-0.1, -0.05) is 0 Å². The molecule has 2 aromatic heterocycles.